The molecule has 1 aromatic carbocycles. The first-order valence-electron chi connectivity index (χ1n) is 6.19. The topological polar surface area (TPSA) is 34.4 Å². The van der Waals surface area contributed by atoms with Crippen molar-refractivity contribution >= 4 is 11.0 Å². The van der Waals surface area contributed by atoms with E-state index in [1.165, 1.54) is 10.9 Å². The highest BCUT2D eigenvalue weighted by Gasteiger charge is 2.19. The molecule has 2 heterocycles. The summed E-state index contributed by atoms with van der Waals surface area (Å²) in [5.74, 6) is 1.10. The van der Waals surface area contributed by atoms with Crippen molar-refractivity contribution < 1.29 is 9.15 Å². The average Bonchev–Trinajstić information content (AvgIpc) is 2.66. The smallest absolute Gasteiger partial charge is 0.134 e. The molecule has 2 aromatic rings. The molecular weight excluding hydrogens is 214 g/mol. The molecule has 1 N–H and O–H groups in total. The Bertz CT molecular complexity index is 514. The number of fused-ring (bicyclic) bond motifs is 1. The van der Waals surface area contributed by atoms with Gasteiger partial charge in [-0.05, 0) is 6.07 Å². The van der Waals surface area contributed by atoms with Gasteiger partial charge in [0.15, 0.2) is 0 Å². The standard InChI is InChI=1S/C14H17NO2/c1-2-13-12(7-15-10-8-16-9-10)11-5-3-4-6-14(11)17-13/h3-6,10,15H,2,7-9H2,1H3. The molecular formula is C14H17NO2. The van der Waals surface area contributed by atoms with Gasteiger partial charge in [0.2, 0.25) is 0 Å². The van der Waals surface area contributed by atoms with Gasteiger partial charge in [-0.1, -0.05) is 25.1 Å². The summed E-state index contributed by atoms with van der Waals surface area (Å²) in [5, 5.41) is 4.74. The largest absolute Gasteiger partial charge is 0.461 e. The van der Waals surface area contributed by atoms with E-state index in [2.05, 4.69) is 24.4 Å². The van der Waals surface area contributed by atoms with Gasteiger partial charge >= 0.3 is 0 Å². The lowest BCUT2D eigenvalue weighted by molar-refractivity contribution is -0.00579. The highest BCUT2D eigenvalue weighted by molar-refractivity contribution is 5.82. The van der Waals surface area contributed by atoms with E-state index in [0.29, 0.717) is 6.04 Å². The molecule has 0 atom stereocenters. The molecule has 0 amide bonds. The molecule has 3 heteroatoms. The van der Waals surface area contributed by atoms with Crippen LogP contribution in [-0.4, -0.2) is 19.3 Å². The van der Waals surface area contributed by atoms with Crippen LogP contribution >= 0.6 is 0 Å². The van der Waals surface area contributed by atoms with Crippen LogP contribution in [0.5, 0.6) is 0 Å². The molecule has 1 aliphatic rings. The molecule has 1 aliphatic heterocycles. The molecule has 3 rings (SSSR count). The normalized spacial score (nSPS) is 16.3. The third-order valence-corrected chi connectivity index (χ3v) is 3.31. The van der Waals surface area contributed by atoms with Crippen LogP contribution in [0.3, 0.4) is 0 Å². The number of ether oxygens (including phenoxy) is 1. The van der Waals surface area contributed by atoms with Crippen molar-refractivity contribution in [1.82, 2.24) is 5.32 Å². The van der Waals surface area contributed by atoms with Crippen LogP contribution in [0.1, 0.15) is 18.2 Å². The van der Waals surface area contributed by atoms with Gasteiger partial charge in [-0.2, -0.15) is 0 Å². The van der Waals surface area contributed by atoms with E-state index in [4.69, 9.17) is 9.15 Å². The van der Waals surface area contributed by atoms with Crippen LogP contribution in [0, 0.1) is 0 Å². The maximum atomic E-state index is 5.86. The minimum Gasteiger partial charge on any atom is -0.461 e. The SMILES string of the molecule is CCc1oc2ccccc2c1CNC1COC1. The molecule has 1 fully saturated rings. The van der Waals surface area contributed by atoms with E-state index in [-0.39, 0.29) is 0 Å². The molecule has 0 spiro atoms. The van der Waals surface area contributed by atoms with Crippen LogP contribution in [0.15, 0.2) is 28.7 Å². The Morgan fingerprint density at radius 1 is 1.29 bits per heavy atom. The summed E-state index contributed by atoms with van der Waals surface area (Å²) in [5.41, 5.74) is 2.29. The quantitative estimate of drug-likeness (QED) is 0.877. The minimum atomic E-state index is 0.508. The van der Waals surface area contributed by atoms with Crippen LogP contribution in [0.2, 0.25) is 0 Å². The predicted molar refractivity (Wildman–Crippen MR) is 67.0 cm³/mol. The number of hydrogen-bond donors (Lipinski definition) is 1. The van der Waals surface area contributed by atoms with E-state index in [0.717, 1.165) is 37.5 Å². The lowest BCUT2D eigenvalue weighted by atomic mass is 10.1. The Labute approximate surface area is 101 Å². The van der Waals surface area contributed by atoms with Gasteiger partial charge in [0, 0.05) is 23.9 Å². The Morgan fingerprint density at radius 2 is 2.12 bits per heavy atom. The molecule has 0 aliphatic carbocycles. The highest BCUT2D eigenvalue weighted by Crippen LogP contribution is 2.26. The second-order valence-electron chi connectivity index (χ2n) is 4.47. The van der Waals surface area contributed by atoms with Gasteiger partial charge in [0.1, 0.15) is 11.3 Å². The number of para-hydroxylation sites is 1. The van der Waals surface area contributed by atoms with Crippen molar-refractivity contribution in [2.24, 2.45) is 0 Å². The number of aryl methyl sites for hydroxylation is 1. The summed E-state index contributed by atoms with van der Waals surface area (Å²) in [6.45, 7) is 4.66. The Morgan fingerprint density at radius 3 is 2.82 bits per heavy atom. The van der Waals surface area contributed by atoms with Crippen LogP contribution in [0.4, 0.5) is 0 Å². The molecule has 1 saturated heterocycles. The van der Waals surface area contributed by atoms with Gasteiger partial charge in [-0.25, -0.2) is 0 Å². The van der Waals surface area contributed by atoms with E-state index in [9.17, 15) is 0 Å². The third kappa shape index (κ3) is 1.96. The average molecular weight is 231 g/mol. The van der Waals surface area contributed by atoms with Crippen LogP contribution in [-0.2, 0) is 17.7 Å². The fourth-order valence-electron chi connectivity index (χ4n) is 2.23. The van der Waals surface area contributed by atoms with Crippen molar-refractivity contribution in [3.05, 3.63) is 35.6 Å². The second-order valence-corrected chi connectivity index (χ2v) is 4.47. The van der Waals surface area contributed by atoms with Crippen LogP contribution in [0.25, 0.3) is 11.0 Å². The molecule has 1 aromatic heterocycles. The lowest BCUT2D eigenvalue weighted by Crippen LogP contribution is -2.45. The first-order valence-corrected chi connectivity index (χ1v) is 6.19. The molecule has 0 unspecified atom stereocenters. The molecule has 3 nitrogen and oxygen atoms in total. The molecule has 90 valence electrons. The number of hydrogen-bond acceptors (Lipinski definition) is 3. The fraction of sp³-hybridized carbons (Fsp3) is 0.429. The maximum Gasteiger partial charge on any atom is 0.134 e. The third-order valence-electron chi connectivity index (χ3n) is 3.31. The number of rotatable bonds is 4. The van der Waals surface area contributed by atoms with Crippen molar-refractivity contribution in [1.29, 1.82) is 0 Å². The van der Waals surface area contributed by atoms with Crippen molar-refractivity contribution in [2.45, 2.75) is 25.9 Å². The molecule has 0 radical (unpaired) electrons. The van der Waals surface area contributed by atoms with E-state index in [1.54, 1.807) is 0 Å². The van der Waals surface area contributed by atoms with Crippen molar-refractivity contribution in [2.75, 3.05) is 13.2 Å². The molecule has 17 heavy (non-hydrogen) atoms. The van der Waals surface area contributed by atoms with Crippen LogP contribution < -0.4 is 5.32 Å². The summed E-state index contributed by atoms with van der Waals surface area (Å²) >= 11 is 0. The zero-order valence-electron chi connectivity index (χ0n) is 10.0. The first kappa shape index (κ1) is 10.8. The summed E-state index contributed by atoms with van der Waals surface area (Å²) < 4.78 is 11.0. The number of nitrogens with one attached hydrogen (secondary N) is 1. The zero-order chi connectivity index (χ0) is 11.7. The van der Waals surface area contributed by atoms with Gasteiger partial charge < -0.3 is 14.5 Å². The van der Waals surface area contributed by atoms with Gasteiger partial charge in [-0.15, -0.1) is 0 Å². The number of benzene rings is 1. The van der Waals surface area contributed by atoms with E-state index in [1.807, 2.05) is 12.1 Å². The molecule has 0 saturated carbocycles. The minimum absolute atomic E-state index is 0.508. The Hall–Kier alpha value is -1.32. The van der Waals surface area contributed by atoms with Crippen molar-refractivity contribution in [3.8, 4) is 0 Å². The summed E-state index contributed by atoms with van der Waals surface area (Å²) in [6, 6.07) is 8.75. The fourth-order valence-corrected chi connectivity index (χ4v) is 2.23. The first-order chi connectivity index (χ1) is 8.38. The molecule has 0 bridgehead atoms. The number of furan rings is 1. The maximum absolute atomic E-state index is 5.86. The van der Waals surface area contributed by atoms with E-state index < -0.39 is 0 Å². The Kier molecular flexibility index (Phi) is 2.87. The summed E-state index contributed by atoms with van der Waals surface area (Å²) in [4.78, 5) is 0. The predicted octanol–water partition coefficient (Wildman–Crippen LogP) is 2.48. The van der Waals surface area contributed by atoms with Gasteiger partial charge in [-0.3, -0.25) is 0 Å². The second kappa shape index (κ2) is 4.51. The van der Waals surface area contributed by atoms with E-state index >= 15 is 0 Å². The lowest BCUT2D eigenvalue weighted by Gasteiger charge is -2.27. The monoisotopic (exact) mass is 231 g/mol. The zero-order valence-corrected chi connectivity index (χ0v) is 10.0. The summed E-state index contributed by atoms with van der Waals surface area (Å²) in [7, 11) is 0. The van der Waals surface area contributed by atoms with Gasteiger partial charge in [0.25, 0.3) is 0 Å². The van der Waals surface area contributed by atoms with Gasteiger partial charge in [0.05, 0.1) is 19.3 Å². The highest BCUT2D eigenvalue weighted by atomic mass is 16.5. The summed E-state index contributed by atoms with van der Waals surface area (Å²) in [6.07, 6.45) is 0.937. The van der Waals surface area contributed by atoms with Crippen molar-refractivity contribution in [3.63, 3.8) is 0 Å². The Balaban J connectivity index is 1.88.